The van der Waals surface area contributed by atoms with Gasteiger partial charge in [0, 0.05) is 28.8 Å². The molecule has 0 saturated carbocycles. The van der Waals surface area contributed by atoms with E-state index in [2.05, 4.69) is 21.2 Å². The molecule has 1 aliphatic rings. The number of nitrogens with one attached hydrogen (secondary N) is 1. The topological polar surface area (TPSA) is 75.7 Å². The summed E-state index contributed by atoms with van der Waals surface area (Å²) in [7, 11) is 0. The summed E-state index contributed by atoms with van der Waals surface area (Å²) in [5.41, 5.74) is 3.42. The Hall–Kier alpha value is -2.67. The molecule has 28 heavy (non-hydrogen) atoms. The van der Waals surface area contributed by atoms with Crippen molar-refractivity contribution >= 4 is 45.1 Å². The third kappa shape index (κ3) is 4.78. The standard InChI is InChI=1S/C21H21BrN2O4/c1-13-4-3-5-17(8-13)24-11-15(10-20(24)26)21(27)28-12-19(25)23-16-6-7-18(22)14(2)9-16/h3-9,15H,10-12H2,1-2H3,(H,23,25)/t15-/m0/s1. The Morgan fingerprint density at radius 1 is 1.21 bits per heavy atom. The van der Waals surface area contributed by atoms with E-state index in [0.29, 0.717) is 5.69 Å². The highest BCUT2D eigenvalue weighted by Crippen LogP contribution is 2.26. The van der Waals surface area contributed by atoms with Crippen LogP contribution in [0.25, 0.3) is 0 Å². The van der Waals surface area contributed by atoms with E-state index in [1.165, 1.54) is 0 Å². The van der Waals surface area contributed by atoms with Crippen molar-refractivity contribution in [3.63, 3.8) is 0 Å². The van der Waals surface area contributed by atoms with Crippen LogP contribution in [0.5, 0.6) is 0 Å². The highest BCUT2D eigenvalue weighted by atomic mass is 79.9. The van der Waals surface area contributed by atoms with Crippen molar-refractivity contribution in [2.24, 2.45) is 5.92 Å². The van der Waals surface area contributed by atoms with Gasteiger partial charge >= 0.3 is 5.97 Å². The molecule has 1 atom stereocenters. The van der Waals surface area contributed by atoms with Crippen LogP contribution in [0.3, 0.4) is 0 Å². The van der Waals surface area contributed by atoms with E-state index in [1.807, 2.05) is 50.2 Å². The molecule has 0 aromatic heterocycles. The summed E-state index contributed by atoms with van der Waals surface area (Å²) in [4.78, 5) is 38.2. The fourth-order valence-corrected chi connectivity index (χ4v) is 3.33. The predicted octanol–water partition coefficient (Wildman–Crippen LogP) is 3.60. The molecule has 146 valence electrons. The average Bonchev–Trinajstić information content (AvgIpc) is 3.05. The Kier molecular flexibility index (Phi) is 6.14. The molecule has 0 unspecified atom stereocenters. The molecule has 0 spiro atoms. The number of anilines is 2. The summed E-state index contributed by atoms with van der Waals surface area (Å²) < 4.78 is 6.08. The first-order chi connectivity index (χ1) is 13.3. The second kappa shape index (κ2) is 8.56. The normalized spacial score (nSPS) is 16.2. The Morgan fingerprint density at radius 3 is 2.71 bits per heavy atom. The highest BCUT2D eigenvalue weighted by molar-refractivity contribution is 9.10. The van der Waals surface area contributed by atoms with Crippen LogP contribution >= 0.6 is 15.9 Å². The van der Waals surface area contributed by atoms with Gasteiger partial charge in [-0.05, 0) is 55.3 Å². The van der Waals surface area contributed by atoms with E-state index in [0.717, 1.165) is 21.3 Å². The lowest BCUT2D eigenvalue weighted by molar-refractivity contribution is -0.151. The van der Waals surface area contributed by atoms with Gasteiger partial charge in [-0.25, -0.2) is 0 Å². The molecule has 1 N–H and O–H groups in total. The molecule has 6 nitrogen and oxygen atoms in total. The lowest BCUT2D eigenvalue weighted by Crippen LogP contribution is -2.28. The van der Waals surface area contributed by atoms with E-state index < -0.39 is 17.8 Å². The SMILES string of the molecule is Cc1cccc(N2C[C@@H](C(=O)OCC(=O)Nc3ccc(Br)c(C)c3)CC2=O)c1. The summed E-state index contributed by atoms with van der Waals surface area (Å²) in [5, 5.41) is 2.69. The van der Waals surface area contributed by atoms with Crippen molar-refractivity contribution in [3.8, 4) is 0 Å². The monoisotopic (exact) mass is 444 g/mol. The van der Waals surface area contributed by atoms with Gasteiger partial charge in [0.15, 0.2) is 6.61 Å². The number of hydrogen-bond donors (Lipinski definition) is 1. The zero-order chi connectivity index (χ0) is 20.3. The fraction of sp³-hybridized carbons (Fsp3) is 0.286. The molecule has 0 aliphatic carbocycles. The average molecular weight is 445 g/mol. The molecule has 2 amide bonds. The van der Waals surface area contributed by atoms with Gasteiger partial charge in [-0.1, -0.05) is 28.1 Å². The number of hydrogen-bond acceptors (Lipinski definition) is 4. The van der Waals surface area contributed by atoms with Gasteiger partial charge in [-0.2, -0.15) is 0 Å². The number of ether oxygens (including phenoxy) is 1. The van der Waals surface area contributed by atoms with Crippen molar-refractivity contribution < 1.29 is 19.1 Å². The van der Waals surface area contributed by atoms with Gasteiger partial charge < -0.3 is 15.0 Å². The number of aryl methyl sites for hydroxylation is 2. The molecule has 1 saturated heterocycles. The molecular formula is C21H21BrN2O4. The van der Waals surface area contributed by atoms with Crippen molar-refractivity contribution in [2.75, 3.05) is 23.4 Å². The molecule has 0 radical (unpaired) electrons. The maximum atomic E-state index is 12.3. The number of esters is 1. The van der Waals surface area contributed by atoms with E-state index in [4.69, 9.17) is 4.74 Å². The first-order valence-corrected chi connectivity index (χ1v) is 9.72. The third-order valence-corrected chi connectivity index (χ3v) is 5.45. The number of amides is 2. The summed E-state index contributed by atoms with van der Waals surface area (Å²) in [6.45, 7) is 3.73. The van der Waals surface area contributed by atoms with Gasteiger partial charge in [0.2, 0.25) is 5.91 Å². The quantitative estimate of drug-likeness (QED) is 0.714. The van der Waals surface area contributed by atoms with Gasteiger partial charge in [0.1, 0.15) is 0 Å². The second-order valence-electron chi connectivity index (χ2n) is 6.86. The predicted molar refractivity (Wildman–Crippen MR) is 110 cm³/mol. The summed E-state index contributed by atoms with van der Waals surface area (Å²) >= 11 is 3.40. The lowest BCUT2D eigenvalue weighted by Gasteiger charge is -2.17. The van der Waals surface area contributed by atoms with Crippen molar-refractivity contribution in [1.82, 2.24) is 0 Å². The minimum atomic E-state index is -0.573. The molecule has 1 heterocycles. The molecule has 1 aliphatic heterocycles. The number of benzene rings is 2. The molecular weight excluding hydrogens is 424 g/mol. The van der Waals surface area contributed by atoms with Crippen molar-refractivity contribution in [2.45, 2.75) is 20.3 Å². The highest BCUT2D eigenvalue weighted by Gasteiger charge is 2.36. The maximum Gasteiger partial charge on any atom is 0.311 e. The first-order valence-electron chi connectivity index (χ1n) is 8.93. The van der Waals surface area contributed by atoms with Crippen LogP contribution in [0.2, 0.25) is 0 Å². The minimum absolute atomic E-state index is 0.0836. The number of carbonyl (C=O) groups is 3. The summed E-state index contributed by atoms with van der Waals surface area (Å²) in [5.74, 6) is -1.65. The largest absolute Gasteiger partial charge is 0.455 e. The smallest absolute Gasteiger partial charge is 0.311 e. The van der Waals surface area contributed by atoms with Crippen molar-refractivity contribution in [3.05, 3.63) is 58.1 Å². The van der Waals surface area contributed by atoms with E-state index >= 15 is 0 Å². The van der Waals surface area contributed by atoms with Crippen LogP contribution in [0.4, 0.5) is 11.4 Å². The lowest BCUT2D eigenvalue weighted by atomic mass is 10.1. The van der Waals surface area contributed by atoms with Crippen LogP contribution in [0.1, 0.15) is 17.5 Å². The Morgan fingerprint density at radius 2 is 2.00 bits per heavy atom. The third-order valence-electron chi connectivity index (χ3n) is 4.56. The molecule has 0 bridgehead atoms. The van der Waals surface area contributed by atoms with Crippen molar-refractivity contribution in [1.29, 1.82) is 0 Å². The molecule has 2 aromatic rings. The Balaban J connectivity index is 1.53. The van der Waals surface area contributed by atoms with E-state index in [1.54, 1.807) is 11.0 Å². The van der Waals surface area contributed by atoms with Crippen LogP contribution in [0, 0.1) is 19.8 Å². The van der Waals surface area contributed by atoms with E-state index in [9.17, 15) is 14.4 Å². The molecule has 1 fully saturated rings. The summed E-state index contributed by atoms with van der Waals surface area (Å²) in [6.07, 6.45) is 0.0836. The van der Waals surface area contributed by atoms with Crippen LogP contribution in [-0.4, -0.2) is 30.9 Å². The number of carbonyl (C=O) groups excluding carboxylic acids is 3. The zero-order valence-corrected chi connectivity index (χ0v) is 17.3. The zero-order valence-electron chi connectivity index (χ0n) is 15.7. The fourth-order valence-electron chi connectivity index (χ4n) is 3.08. The van der Waals surface area contributed by atoms with Crippen LogP contribution in [-0.2, 0) is 19.1 Å². The van der Waals surface area contributed by atoms with E-state index in [-0.39, 0.29) is 25.5 Å². The summed E-state index contributed by atoms with van der Waals surface area (Å²) in [6, 6.07) is 13.0. The molecule has 2 aromatic carbocycles. The number of nitrogens with zero attached hydrogens (tertiary/aromatic N) is 1. The second-order valence-corrected chi connectivity index (χ2v) is 7.72. The Bertz CT molecular complexity index is 928. The van der Waals surface area contributed by atoms with Crippen LogP contribution < -0.4 is 10.2 Å². The maximum absolute atomic E-state index is 12.3. The number of rotatable bonds is 5. The molecule has 7 heteroatoms. The van der Waals surface area contributed by atoms with Crippen LogP contribution in [0.15, 0.2) is 46.9 Å². The Labute approximate surface area is 172 Å². The van der Waals surface area contributed by atoms with Gasteiger partial charge in [-0.15, -0.1) is 0 Å². The van der Waals surface area contributed by atoms with Gasteiger partial charge in [-0.3, -0.25) is 14.4 Å². The number of halogens is 1. The first kappa shape index (κ1) is 20.1. The minimum Gasteiger partial charge on any atom is -0.455 e. The van der Waals surface area contributed by atoms with Gasteiger partial charge in [0.25, 0.3) is 5.91 Å². The van der Waals surface area contributed by atoms with Gasteiger partial charge in [0.05, 0.1) is 5.92 Å². The molecule has 3 rings (SSSR count).